The smallest absolute Gasteiger partial charge is 0.133 e. The van der Waals surface area contributed by atoms with Crippen molar-refractivity contribution in [2.24, 2.45) is 10.2 Å². The first-order valence-corrected chi connectivity index (χ1v) is 10.9. The molecular weight excluding hydrogens is 373 g/mol. The highest BCUT2D eigenvalue weighted by molar-refractivity contribution is 6.14. The summed E-state index contributed by atoms with van der Waals surface area (Å²) in [6.45, 7) is 11.7. The quantitative estimate of drug-likeness (QED) is 0.446. The van der Waals surface area contributed by atoms with Crippen molar-refractivity contribution in [3.05, 3.63) is 82.7 Å². The number of rotatable bonds is 9. The Balaban J connectivity index is 1.75. The molecule has 0 aliphatic carbocycles. The molecule has 0 amide bonds. The molecule has 1 aliphatic heterocycles. The predicted octanol–water partition coefficient (Wildman–Crippen LogP) is 6.37. The second-order valence-corrected chi connectivity index (χ2v) is 8.02. The van der Waals surface area contributed by atoms with Crippen LogP contribution in [-0.4, -0.2) is 23.0 Å². The maximum atomic E-state index is 14.2. The van der Waals surface area contributed by atoms with Gasteiger partial charge in [-0.15, -0.1) is 11.7 Å². The van der Waals surface area contributed by atoms with Crippen LogP contribution in [0.1, 0.15) is 60.4 Å². The molecule has 0 fully saturated rings. The average molecular weight is 406 g/mol. The van der Waals surface area contributed by atoms with Crippen molar-refractivity contribution in [1.82, 2.24) is 4.90 Å². The molecule has 2 aromatic rings. The van der Waals surface area contributed by atoms with Crippen molar-refractivity contribution < 1.29 is 4.39 Å². The minimum atomic E-state index is -0.167. The number of nitrogens with zero attached hydrogens (tertiary/aromatic N) is 3. The molecule has 0 bridgehead atoms. The Hall–Kier alpha value is -2.75. The summed E-state index contributed by atoms with van der Waals surface area (Å²) in [6, 6.07) is 11.4. The van der Waals surface area contributed by atoms with Gasteiger partial charge >= 0.3 is 0 Å². The number of hydrogen-bond donors (Lipinski definition) is 0. The molecule has 3 rings (SSSR count). The van der Waals surface area contributed by atoms with E-state index in [0.717, 1.165) is 49.3 Å². The highest BCUT2D eigenvalue weighted by Gasteiger charge is 2.22. The fourth-order valence-electron chi connectivity index (χ4n) is 3.95. The van der Waals surface area contributed by atoms with Crippen LogP contribution in [0, 0.1) is 19.7 Å². The molecule has 1 aliphatic rings. The third-order valence-corrected chi connectivity index (χ3v) is 5.71. The number of benzene rings is 2. The third-order valence-electron chi connectivity index (χ3n) is 5.71. The summed E-state index contributed by atoms with van der Waals surface area (Å²) < 4.78 is 14.2. The second kappa shape index (κ2) is 10.3. The molecule has 0 aromatic heterocycles. The van der Waals surface area contributed by atoms with Crippen LogP contribution >= 0.6 is 0 Å². The Morgan fingerprint density at radius 3 is 2.53 bits per heavy atom. The molecule has 4 heteroatoms. The highest BCUT2D eigenvalue weighted by Crippen LogP contribution is 2.23. The summed E-state index contributed by atoms with van der Waals surface area (Å²) in [6.07, 6.45) is 6.77. The molecule has 0 unspecified atom stereocenters. The normalized spacial score (nSPS) is 13.2. The van der Waals surface area contributed by atoms with Crippen LogP contribution in [0.15, 0.2) is 59.3 Å². The first kappa shape index (κ1) is 21.9. The highest BCUT2D eigenvalue weighted by atomic mass is 19.1. The zero-order valence-electron chi connectivity index (χ0n) is 18.4. The Morgan fingerprint density at radius 1 is 1.13 bits per heavy atom. The average Bonchev–Trinajstić information content (AvgIpc) is 3.22. The van der Waals surface area contributed by atoms with E-state index in [1.54, 1.807) is 6.07 Å². The zero-order chi connectivity index (χ0) is 21.5. The van der Waals surface area contributed by atoms with Crippen molar-refractivity contribution in [3.63, 3.8) is 0 Å². The molecule has 1 heterocycles. The fraction of sp³-hybridized carbons (Fsp3) is 0.385. The van der Waals surface area contributed by atoms with Crippen molar-refractivity contribution >= 4 is 11.5 Å². The van der Waals surface area contributed by atoms with E-state index in [1.807, 2.05) is 18.2 Å². The number of unbranched alkanes of at least 4 members (excludes halogenated alkanes) is 1. The summed E-state index contributed by atoms with van der Waals surface area (Å²) in [5.74, 6) is 0.757. The summed E-state index contributed by atoms with van der Waals surface area (Å²) >= 11 is 0. The van der Waals surface area contributed by atoms with Crippen LogP contribution in [0.3, 0.4) is 0 Å². The number of amidine groups is 1. The van der Waals surface area contributed by atoms with Gasteiger partial charge in [0, 0.05) is 18.7 Å². The lowest BCUT2D eigenvalue weighted by molar-refractivity contribution is 0.389. The maximum Gasteiger partial charge on any atom is 0.133 e. The van der Waals surface area contributed by atoms with Crippen LogP contribution in [0.4, 0.5) is 4.39 Å². The minimum absolute atomic E-state index is 0.167. The van der Waals surface area contributed by atoms with Gasteiger partial charge in [0.05, 0.1) is 12.1 Å². The van der Waals surface area contributed by atoms with Crippen molar-refractivity contribution in [2.45, 2.75) is 59.4 Å². The molecule has 0 spiro atoms. The van der Waals surface area contributed by atoms with Gasteiger partial charge in [0.2, 0.25) is 0 Å². The fourth-order valence-corrected chi connectivity index (χ4v) is 3.95. The maximum absolute atomic E-state index is 14.2. The van der Waals surface area contributed by atoms with Gasteiger partial charge in [-0.25, -0.2) is 4.39 Å². The lowest BCUT2D eigenvalue weighted by Gasteiger charge is -2.24. The molecule has 0 N–H and O–H groups in total. The van der Waals surface area contributed by atoms with Gasteiger partial charge in [-0.2, -0.15) is 5.10 Å². The largest absolute Gasteiger partial charge is 0.354 e. The van der Waals surface area contributed by atoms with Crippen LogP contribution in [0.5, 0.6) is 0 Å². The number of aryl methyl sites for hydroxylation is 2. The van der Waals surface area contributed by atoms with Gasteiger partial charge in [-0.05, 0) is 73.6 Å². The lowest BCUT2D eigenvalue weighted by Crippen LogP contribution is -2.32. The van der Waals surface area contributed by atoms with E-state index in [2.05, 4.69) is 54.6 Å². The van der Waals surface area contributed by atoms with E-state index >= 15 is 0 Å². The molecule has 30 heavy (non-hydrogen) atoms. The van der Waals surface area contributed by atoms with Crippen LogP contribution in [-0.2, 0) is 13.0 Å². The first-order chi connectivity index (χ1) is 14.5. The molecule has 0 radical (unpaired) electrons. The number of hydrogen-bond acceptors (Lipinski definition) is 3. The molecule has 3 nitrogen and oxygen atoms in total. The Morgan fingerprint density at radius 2 is 1.87 bits per heavy atom. The van der Waals surface area contributed by atoms with Crippen LogP contribution in [0.2, 0.25) is 0 Å². The number of allylic oxidation sites excluding steroid dienone is 1. The van der Waals surface area contributed by atoms with Crippen molar-refractivity contribution in [1.29, 1.82) is 0 Å². The summed E-state index contributed by atoms with van der Waals surface area (Å²) in [5.41, 5.74) is 6.79. The van der Waals surface area contributed by atoms with Gasteiger partial charge in [0.15, 0.2) is 0 Å². The van der Waals surface area contributed by atoms with E-state index in [0.29, 0.717) is 18.5 Å². The molecule has 0 saturated heterocycles. The van der Waals surface area contributed by atoms with Gasteiger partial charge in [-0.3, -0.25) is 0 Å². The SMILES string of the molecule is C=CCCc1c(C)cc(C2=NN=C(N(CCCC)Cc3ccccc3F)C2)cc1C. The van der Waals surface area contributed by atoms with E-state index < -0.39 is 0 Å². The van der Waals surface area contributed by atoms with Gasteiger partial charge in [0.25, 0.3) is 0 Å². The zero-order valence-corrected chi connectivity index (χ0v) is 18.4. The summed E-state index contributed by atoms with van der Waals surface area (Å²) in [7, 11) is 0. The van der Waals surface area contributed by atoms with E-state index in [9.17, 15) is 4.39 Å². The van der Waals surface area contributed by atoms with Crippen LogP contribution in [0.25, 0.3) is 0 Å². The van der Waals surface area contributed by atoms with Gasteiger partial charge < -0.3 is 4.90 Å². The standard InChI is InChI=1S/C26H32FN3/c1-5-7-12-23-19(3)15-22(16-20(23)4)25-17-26(29-28-25)30(14-8-6-2)18-21-11-9-10-13-24(21)27/h5,9-11,13,15-16H,1,6-8,12,14,17-18H2,2-4H3. The Kier molecular flexibility index (Phi) is 7.56. The van der Waals surface area contributed by atoms with Crippen molar-refractivity contribution in [3.8, 4) is 0 Å². The Bertz CT molecular complexity index is 935. The summed E-state index contributed by atoms with van der Waals surface area (Å²) in [4.78, 5) is 2.18. The van der Waals surface area contributed by atoms with E-state index in [4.69, 9.17) is 0 Å². The monoisotopic (exact) mass is 405 g/mol. The topological polar surface area (TPSA) is 28.0 Å². The molecule has 158 valence electrons. The Labute approximate surface area is 180 Å². The van der Waals surface area contributed by atoms with E-state index in [-0.39, 0.29) is 5.82 Å². The molecule has 0 saturated carbocycles. The van der Waals surface area contributed by atoms with E-state index in [1.165, 1.54) is 22.8 Å². The lowest BCUT2D eigenvalue weighted by atomic mass is 9.93. The minimum Gasteiger partial charge on any atom is -0.354 e. The van der Waals surface area contributed by atoms with Gasteiger partial charge in [0.1, 0.15) is 11.7 Å². The second-order valence-electron chi connectivity index (χ2n) is 8.02. The van der Waals surface area contributed by atoms with Crippen molar-refractivity contribution in [2.75, 3.05) is 6.54 Å². The van der Waals surface area contributed by atoms with Crippen LogP contribution < -0.4 is 0 Å². The molecule has 2 aromatic carbocycles. The molecular formula is C26H32FN3. The first-order valence-electron chi connectivity index (χ1n) is 10.9. The van der Waals surface area contributed by atoms with Gasteiger partial charge in [-0.1, -0.05) is 37.6 Å². The molecule has 0 atom stereocenters. The number of halogens is 1. The predicted molar refractivity (Wildman–Crippen MR) is 125 cm³/mol. The third kappa shape index (κ3) is 5.24. The summed E-state index contributed by atoms with van der Waals surface area (Å²) in [5, 5.41) is 9.01.